The minimum atomic E-state index is -0.453. The van der Waals surface area contributed by atoms with Crippen LogP contribution in [0.5, 0.6) is 0 Å². The molecular weight excluding hydrogens is 286 g/mol. The van der Waals surface area contributed by atoms with Gasteiger partial charge in [0.05, 0.1) is 29.3 Å². The highest BCUT2D eigenvalue weighted by atomic mass is 16.3. The number of hydrogen-bond acceptors (Lipinski definition) is 4. The van der Waals surface area contributed by atoms with Crippen molar-refractivity contribution in [2.75, 3.05) is 5.32 Å². The van der Waals surface area contributed by atoms with Gasteiger partial charge in [0, 0.05) is 11.8 Å². The molecule has 3 aromatic rings. The molecule has 23 heavy (non-hydrogen) atoms. The Morgan fingerprint density at radius 3 is 2.87 bits per heavy atom. The van der Waals surface area contributed by atoms with E-state index in [1.807, 2.05) is 42.5 Å². The first kappa shape index (κ1) is 13.7. The van der Waals surface area contributed by atoms with Crippen LogP contribution in [0.1, 0.15) is 22.7 Å². The monoisotopic (exact) mass is 301 g/mol. The van der Waals surface area contributed by atoms with E-state index in [1.54, 1.807) is 6.07 Å². The van der Waals surface area contributed by atoms with E-state index >= 15 is 0 Å². The number of anilines is 1. The Morgan fingerprint density at radius 1 is 1.13 bits per heavy atom. The lowest BCUT2D eigenvalue weighted by atomic mass is 10.1. The van der Waals surface area contributed by atoms with E-state index in [0.29, 0.717) is 12.0 Å². The molecule has 112 valence electrons. The number of aliphatic hydroxyl groups is 1. The topological polar surface area (TPSA) is 68.9 Å². The number of nitriles is 1. The normalized spacial score (nSPS) is 19.3. The van der Waals surface area contributed by atoms with Gasteiger partial charge in [0.2, 0.25) is 0 Å². The summed E-state index contributed by atoms with van der Waals surface area (Å²) in [4.78, 5) is 4.59. The lowest BCUT2D eigenvalue weighted by molar-refractivity contribution is 0.165. The van der Waals surface area contributed by atoms with E-state index in [4.69, 9.17) is 5.26 Å². The number of fused-ring (bicyclic) bond motifs is 2. The van der Waals surface area contributed by atoms with Gasteiger partial charge in [-0.05, 0) is 41.5 Å². The van der Waals surface area contributed by atoms with Crippen molar-refractivity contribution in [1.82, 2.24) is 4.98 Å². The van der Waals surface area contributed by atoms with Crippen molar-refractivity contribution in [3.05, 3.63) is 71.3 Å². The van der Waals surface area contributed by atoms with Crippen LogP contribution in [0.3, 0.4) is 0 Å². The average molecular weight is 301 g/mol. The number of aliphatic hydroxyl groups excluding tert-OH is 1. The number of nitrogens with one attached hydrogen (secondary N) is 1. The third-order valence-electron chi connectivity index (χ3n) is 4.33. The maximum Gasteiger partial charge on any atom is 0.127 e. The van der Waals surface area contributed by atoms with Gasteiger partial charge in [-0.2, -0.15) is 5.26 Å². The van der Waals surface area contributed by atoms with Crippen molar-refractivity contribution in [3.8, 4) is 6.07 Å². The van der Waals surface area contributed by atoms with Crippen LogP contribution >= 0.6 is 0 Å². The number of benzene rings is 2. The van der Waals surface area contributed by atoms with Crippen molar-refractivity contribution < 1.29 is 5.11 Å². The molecule has 1 aromatic heterocycles. The van der Waals surface area contributed by atoms with Crippen molar-refractivity contribution >= 4 is 16.7 Å². The van der Waals surface area contributed by atoms with Crippen molar-refractivity contribution in [1.29, 1.82) is 5.26 Å². The third kappa shape index (κ3) is 2.41. The fourth-order valence-electron chi connectivity index (χ4n) is 3.18. The van der Waals surface area contributed by atoms with Crippen LogP contribution in [0.15, 0.2) is 54.6 Å². The molecule has 0 aliphatic heterocycles. The van der Waals surface area contributed by atoms with Gasteiger partial charge in [-0.1, -0.05) is 24.3 Å². The number of nitrogens with zero attached hydrogens (tertiary/aromatic N) is 2. The Morgan fingerprint density at radius 2 is 2.00 bits per heavy atom. The van der Waals surface area contributed by atoms with Gasteiger partial charge in [0.15, 0.2) is 0 Å². The third-order valence-corrected chi connectivity index (χ3v) is 4.33. The lowest BCUT2D eigenvalue weighted by Gasteiger charge is -2.18. The first-order valence-electron chi connectivity index (χ1n) is 7.58. The van der Waals surface area contributed by atoms with Crippen LogP contribution in [0.25, 0.3) is 10.9 Å². The molecule has 0 radical (unpaired) electrons. The minimum absolute atomic E-state index is 0.144. The van der Waals surface area contributed by atoms with Gasteiger partial charge in [-0.3, -0.25) is 0 Å². The fourth-order valence-corrected chi connectivity index (χ4v) is 3.18. The van der Waals surface area contributed by atoms with Crippen LogP contribution in [0.4, 0.5) is 5.82 Å². The van der Waals surface area contributed by atoms with Crippen molar-refractivity contribution in [3.63, 3.8) is 0 Å². The van der Waals surface area contributed by atoms with Crippen molar-refractivity contribution in [2.45, 2.75) is 18.6 Å². The van der Waals surface area contributed by atoms with Crippen molar-refractivity contribution in [2.24, 2.45) is 0 Å². The van der Waals surface area contributed by atoms with E-state index in [9.17, 15) is 5.11 Å². The van der Waals surface area contributed by atoms with E-state index < -0.39 is 6.10 Å². The smallest absolute Gasteiger partial charge is 0.127 e. The van der Waals surface area contributed by atoms with Gasteiger partial charge in [-0.15, -0.1) is 0 Å². The second-order valence-electron chi connectivity index (χ2n) is 5.81. The predicted octanol–water partition coefficient (Wildman–Crippen LogP) is 3.18. The Balaban J connectivity index is 1.67. The van der Waals surface area contributed by atoms with E-state index in [-0.39, 0.29) is 6.04 Å². The predicted molar refractivity (Wildman–Crippen MR) is 89.0 cm³/mol. The van der Waals surface area contributed by atoms with Gasteiger partial charge in [-0.25, -0.2) is 4.98 Å². The zero-order valence-electron chi connectivity index (χ0n) is 12.4. The second kappa shape index (κ2) is 5.38. The first-order chi connectivity index (χ1) is 11.2. The molecule has 1 aliphatic rings. The van der Waals surface area contributed by atoms with E-state index in [1.165, 1.54) is 5.56 Å². The molecule has 4 heteroatoms. The molecule has 0 bridgehead atoms. The Labute approximate surface area is 134 Å². The Kier molecular flexibility index (Phi) is 3.22. The number of pyridine rings is 1. The molecule has 0 spiro atoms. The Hall–Kier alpha value is -2.90. The molecule has 4 rings (SSSR count). The highest BCUT2D eigenvalue weighted by Gasteiger charge is 2.30. The molecule has 0 unspecified atom stereocenters. The van der Waals surface area contributed by atoms with Gasteiger partial charge >= 0.3 is 0 Å². The SMILES string of the molecule is N#Cc1ccc2nc(N[C@H]3c4ccccc4C[C@H]3O)ccc2c1. The van der Waals surface area contributed by atoms with Crippen LogP contribution in [-0.2, 0) is 6.42 Å². The molecule has 0 saturated heterocycles. The fraction of sp³-hybridized carbons (Fsp3) is 0.158. The summed E-state index contributed by atoms with van der Waals surface area (Å²) in [7, 11) is 0. The summed E-state index contributed by atoms with van der Waals surface area (Å²) < 4.78 is 0. The molecule has 1 heterocycles. The van der Waals surface area contributed by atoms with Gasteiger partial charge < -0.3 is 10.4 Å². The molecule has 2 atom stereocenters. The molecular formula is C19H15N3O. The maximum atomic E-state index is 10.3. The zero-order chi connectivity index (χ0) is 15.8. The maximum absolute atomic E-state index is 10.3. The number of aromatic nitrogens is 1. The van der Waals surface area contributed by atoms with E-state index in [2.05, 4.69) is 22.4 Å². The van der Waals surface area contributed by atoms with E-state index in [0.717, 1.165) is 22.3 Å². The van der Waals surface area contributed by atoms with Crippen LogP contribution in [-0.4, -0.2) is 16.2 Å². The van der Waals surface area contributed by atoms with Crippen LogP contribution in [0, 0.1) is 11.3 Å². The molecule has 0 amide bonds. The molecule has 2 N–H and O–H groups in total. The lowest BCUT2D eigenvalue weighted by Crippen LogP contribution is -2.21. The summed E-state index contributed by atoms with van der Waals surface area (Å²) in [5, 5.41) is 23.6. The zero-order valence-corrected chi connectivity index (χ0v) is 12.4. The first-order valence-corrected chi connectivity index (χ1v) is 7.58. The number of hydrogen-bond donors (Lipinski definition) is 2. The van der Waals surface area contributed by atoms with Gasteiger partial charge in [0.1, 0.15) is 5.82 Å². The molecule has 2 aromatic carbocycles. The van der Waals surface area contributed by atoms with Crippen LogP contribution < -0.4 is 5.32 Å². The number of rotatable bonds is 2. The van der Waals surface area contributed by atoms with Crippen LogP contribution in [0.2, 0.25) is 0 Å². The van der Waals surface area contributed by atoms with Gasteiger partial charge in [0.25, 0.3) is 0 Å². The standard InChI is InChI=1S/C19H15N3O/c20-11-12-5-7-16-14(9-12)6-8-18(21-16)22-19-15-4-2-1-3-13(15)10-17(19)23/h1-9,17,19,23H,10H2,(H,21,22)/t17-,19+/m1/s1. The summed E-state index contributed by atoms with van der Waals surface area (Å²) in [5.41, 5.74) is 3.76. The molecule has 0 fully saturated rings. The summed E-state index contributed by atoms with van der Waals surface area (Å²) in [6, 6.07) is 19.3. The Bertz CT molecular complexity index is 929. The minimum Gasteiger partial charge on any atom is -0.390 e. The molecule has 4 nitrogen and oxygen atoms in total. The molecule has 0 saturated carbocycles. The largest absolute Gasteiger partial charge is 0.390 e. The average Bonchev–Trinajstić information content (AvgIpc) is 2.90. The summed E-state index contributed by atoms with van der Waals surface area (Å²) in [5.74, 6) is 0.725. The summed E-state index contributed by atoms with van der Waals surface area (Å²) in [6.45, 7) is 0. The highest BCUT2D eigenvalue weighted by molar-refractivity contribution is 5.81. The summed E-state index contributed by atoms with van der Waals surface area (Å²) >= 11 is 0. The quantitative estimate of drug-likeness (QED) is 0.763. The summed E-state index contributed by atoms with van der Waals surface area (Å²) in [6.07, 6.45) is 0.207. The molecule has 1 aliphatic carbocycles. The highest BCUT2D eigenvalue weighted by Crippen LogP contribution is 2.33. The second-order valence-corrected chi connectivity index (χ2v) is 5.81.